The topological polar surface area (TPSA) is 64.1 Å². The van der Waals surface area contributed by atoms with Gasteiger partial charge in [-0.3, -0.25) is 4.79 Å². The molecular formula is C23H21F4N3O2. The summed E-state index contributed by atoms with van der Waals surface area (Å²) in [4.78, 5) is 21.2. The first-order valence-corrected chi connectivity index (χ1v) is 10.1. The third kappa shape index (κ3) is 4.37. The molecule has 1 unspecified atom stereocenters. The van der Waals surface area contributed by atoms with E-state index in [4.69, 9.17) is 4.74 Å². The molecule has 2 aromatic rings. The van der Waals surface area contributed by atoms with E-state index in [2.05, 4.69) is 15.3 Å². The normalized spacial score (nSPS) is 24.4. The molecule has 168 valence electrons. The molecule has 0 saturated heterocycles. The summed E-state index contributed by atoms with van der Waals surface area (Å²) >= 11 is 0. The summed E-state index contributed by atoms with van der Waals surface area (Å²) in [5, 5.41) is 2.39. The average molecular weight is 447 g/mol. The average Bonchev–Trinajstić information content (AvgIpc) is 3.45. The Kier molecular flexibility index (Phi) is 5.75. The van der Waals surface area contributed by atoms with E-state index in [1.165, 1.54) is 12.3 Å². The summed E-state index contributed by atoms with van der Waals surface area (Å²) < 4.78 is 61.3. The molecule has 4 rings (SSSR count). The fraction of sp³-hybridized carbons (Fsp3) is 0.348. The van der Waals surface area contributed by atoms with Crippen molar-refractivity contribution in [3.05, 3.63) is 71.4 Å². The number of anilines is 1. The third-order valence-corrected chi connectivity index (χ3v) is 5.98. The molecule has 1 fully saturated rings. The maximum Gasteiger partial charge on any atom is 0.228 e. The van der Waals surface area contributed by atoms with E-state index in [0.717, 1.165) is 24.3 Å². The molecular weight excluding hydrogens is 426 g/mol. The number of amides is 1. The van der Waals surface area contributed by atoms with Gasteiger partial charge in [0, 0.05) is 29.9 Å². The Labute approximate surface area is 182 Å². The molecule has 1 aromatic heterocycles. The Morgan fingerprint density at radius 2 is 2.03 bits per heavy atom. The van der Waals surface area contributed by atoms with Crippen LogP contribution in [0.2, 0.25) is 0 Å². The van der Waals surface area contributed by atoms with Gasteiger partial charge in [0.05, 0.1) is 24.2 Å². The number of halogens is 4. The van der Waals surface area contributed by atoms with Crippen LogP contribution in [0.1, 0.15) is 24.4 Å². The fourth-order valence-corrected chi connectivity index (χ4v) is 4.18. The van der Waals surface area contributed by atoms with Gasteiger partial charge in [0.25, 0.3) is 0 Å². The Hall–Kier alpha value is -3.23. The molecule has 32 heavy (non-hydrogen) atoms. The number of hydrogen-bond acceptors (Lipinski definition) is 4. The molecule has 1 N–H and O–H groups in total. The highest BCUT2D eigenvalue weighted by Crippen LogP contribution is 2.61. The Morgan fingerprint density at radius 1 is 1.25 bits per heavy atom. The van der Waals surface area contributed by atoms with Crippen LogP contribution in [0.25, 0.3) is 0 Å². The number of aromatic nitrogens is 2. The zero-order valence-corrected chi connectivity index (χ0v) is 17.5. The number of hydrogen-bond donors (Lipinski definition) is 1. The summed E-state index contributed by atoms with van der Waals surface area (Å²) in [6.45, 7) is 3.45. The van der Waals surface area contributed by atoms with Crippen LogP contribution in [0.5, 0.6) is 5.75 Å². The van der Waals surface area contributed by atoms with Crippen molar-refractivity contribution in [1.29, 1.82) is 0 Å². The van der Waals surface area contributed by atoms with Crippen LogP contribution in [-0.4, -0.2) is 22.5 Å². The van der Waals surface area contributed by atoms with Crippen LogP contribution < -0.4 is 10.1 Å². The van der Waals surface area contributed by atoms with E-state index in [-0.39, 0.29) is 25.1 Å². The molecule has 1 saturated carbocycles. The zero-order chi connectivity index (χ0) is 23.0. The minimum atomic E-state index is -0.922. The fourth-order valence-electron chi connectivity index (χ4n) is 4.18. The van der Waals surface area contributed by atoms with Gasteiger partial charge in [-0.05, 0) is 44.4 Å². The number of nitrogens with zero attached hydrogens (tertiary/aromatic N) is 2. The van der Waals surface area contributed by atoms with Crippen molar-refractivity contribution in [1.82, 2.24) is 9.97 Å². The van der Waals surface area contributed by atoms with Gasteiger partial charge in [-0.25, -0.2) is 27.5 Å². The molecule has 2 aliphatic rings. The SMILES string of the molecule is Cc1ncc(OC[C@@]2(C3C=C(F)C=C(F)C3)C[C@H]2C(=O)Nc2cc(F)ccc2F)c(C)n1. The lowest BCUT2D eigenvalue weighted by Gasteiger charge is -2.27. The largest absolute Gasteiger partial charge is 0.489 e. The third-order valence-electron chi connectivity index (χ3n) is 5.98. The molecule has 0 spiro atoms. The first-order chi connectivity index (χ1) is 15.2. The van der Waals surface area contributed by atoms with Gasteiger partial charge in [0.2, 0.25) is 5.91 Å². The molecule has 0 radical (unpaired) electrons. The zero-order valence-electron chi connectivity index (χ0n) is 17.5. The van der Waals surface area contributed by atoms with E-state index in [0.29, 0.717) is 17.3 Å². The monoisotopic (exact) mass is 447 g/mol. The second-order valence-corrected chi connectivity index (χ2v) is 8.21. The second kappa shape index (κ2) is 8.37. The number of nitrogens with one attached hydrogen (secondary N) is 1. The van der Waals surface area contributed by atoms with Crippen LogP contribution >= 0.6 is 0 Å². The Balaban J connectivity index is 1.57. The van der Waals surface area contributed by atoms with Crippen molar-refractivity contribution in [3.63, 3.8) is 0 Å². The molecule has 5 nitrogen and oxygen atoms in total. The van der Waals surface area contributed by atoms with Gasteiger partial charge in [-0.2, -0.15) is 0 Å². The van der Waals surface area contributed by atoms with Crippen molar-refractivity contribution in [2.45, 2.75) is 26.7 Å². The molecule has 3 atom stereocenters. The smallest absolute Gasteiger partial charge is 0.228 e. The van der Waals surface area contributed by atoms with Crippen LogP contribution in [0.15, 0.2) is 48.2 Å². The molecule has 0 bridgehead atoms. The minimum absolute atomic E-state index is 0.0221. The van der Waals surface area contributed by atoms with Gasteiger partial charge >= 0.3 is 0 Å². The predicted octanol–water partition coefficient (Wildman–Crippen LogP) is 5.12. The highest BCUT2D eigenvalue weighted by Gasteiger charge is 2.63. The van der Waals surface area contributed by atoms with Crippen LogP contribution in [-0.2, 0) is 4.79 Å². The van der Waals surface area contributed by atoms with Gasteiger partial charge < -0.3 is 10.1 Å². The van der Waals surface area contributed by atoms with Crippen molar-refractivity contribution < 1.29 is 27.1 Å². The first-order valence-electron chi connectivity index (χ1n) is 10.1. The van der Waals surface area contributed by atoms with Crippen molar-refractivity contribution in [2.24, 2.45) is 17.3 Å². The molecule has 1 aromatic carbocycles. The predicted molar refractivity (Wildman–Crippen MR) is 109 cm³/mol. The molecule has 0 aliphatic heterocycles. The van der Waals surface area contributed by atoms with Crippen LogP contribution in [0.3, 0.4) is 0 Å². The van der Waals surface area contributed by atoms with Gasteiger partial charge in [0.15, 0.2) is 5.75 Å². The number of ether oxygens (including phenoxy) is 1. The van der Waals surface area contributed by atoms with Crippen molar-refractivity contribution >= 4 is 11.6 Å². The van der Waals surface area contributed by atoms with Gasteiger partial charge in [-0.1, -0.05) is 0 Å². The Bertz CT molecular complexity index is 1130. The number of benzene rings is 1. The number of rotatable bonds is 6. The Morgan fingerprint density at radius 3 is 2.75 bits per heavy atom. The first kappa shape index (κ1) is 22.0. The van der Waals surface area contributed by atoms with E-state index >= 15 is 0 Å². The lowest BCUT2D eigenvalue weighted by Crippen LogP contribution is -2.30. The van der Waals surface area contributed by atoms with Crippen LogP contribution in [0.4, 0.5) is 23.2 Å². The minimum Gasteiger partial charge on any atom is -0.489 e. The molecule has 1 heterocycles. The van der Waals surface area contributed by atoms with E-state index < -0.39 is 46.4 Å². The molecule has 9 heteroatoms. The molecule has 2 aliphatic carbocycles. The van der Waals surface area contributed by atoms with E-state index in [1.54, 1.807) is 13.8 Å². The van der Waals surface area contributed by atoms with Crippen molar-refractivity contribution in [2.75, 3.05) is 11.9 Å². The number of allylic oxidation sites excluding steroid dienone is 4. The van der Waals surface area contributed by atoms with Crippen LogP contribution in [0, 0.1) is 42.7 Å². The summed E-state index contributed by atoms with van der Waals surface area (Å²) in [5.41, 5.74) is -0.628. The van der Waals surface area contributed by atoms with Gasteiger partial charge in [0.1, 0.15) is 29.1 Å². The number of carbonyl (C=O) groups excluding carboxylic acids is 1. The maximum absolute atomic E-state index is 14.0. The van der Waals surface area contributed by atoms with Crippen molar-refractivity contribution in [3.8, 4) is 5.75 Å². The maximum atomic E-state index is 14.0. The van der Waals surface area contributed by atoms with Gasteiger partial charge in [-0.15, -0.1) is 0 Å². The standard InChI is InChI=1S/C23H21F4N3O2/c1-12-21(10-28-13(2)29-12)32-11-23(14-5-16(25)7-17(26)6-14)9-18(23)22(31)30-20-8-15(24)3-4-19(20)27/h3-5,7-8,10,14,18H,6,9,11H2,1-2H3,(H,30,31)/t14?,18-,23+/m0/s1. The van der Waals surface area contributed by atoms with E-state index in [9.17, 15) is 22.4 Å². The van der Waals surface area contributed by atoms with E-state index in [1.807, 2.05) is 0 Å². The number of carbonyl (C=O) groups is 1. The quantitative estimate of drug-likeness (QED) is 0.625. The highest BCUT2D eigenvalue weighted by molar-refractivity contribution is 5.95. The summed E-state index contributed by atoms with van der Waals surface area (Å²) in [6.07, 6.45) is 3.77. The summed E-state index contributed by atoms with van der Waals surface area (Å²) in [7, 11) is 0. The second-order valence-electron chi connectivity index (χ2n) is 8.21. The summed E-state index contributed by atoms with van der Waals surface area (Å²) in [5.74, 6) is -3.81. The lowest BCUT2D eigenvalue weighted by atomic mass is 9.82. The number of aryl methyl sites for hydroxylation is 2. The highest BCUT2D eigenvalue weighted by atomic mass is 19.1. The lowest BCUT2D eigenvalue weighted by molar-refractivity contribution is -0.118. The summed E-state index contributed by atoms with van der Waals surface area (Å²) in [6, 6.07) is 2.73. The molecule has 1 amide bonds.